The highest BCUT2D eigenvalue weighted by Crippen LogP contribution is 2.30. The molecule has 1 heterocycles. The van der Waals surface area contributed by atoms with Crippen molar-refractivity contribution in [3.8, 4) is 11.5 Å². The molecule has 0 unspecified atom stereocenters. The van der Waals surface area contributed by atoms with Crippen LogP contribution in [0, 0.1) is 0 Å². The molecule has 0 bridgehead atoms. The van der Waals surface area contributed by atoms with Gasteiger partial charge in [-0.1, -0.05) is 84.9 Å². The van der Waals surface area contributed by atoms with E-state index in [1.807, 2.05) is 109 Å². The van der Waals surface area contributed by atoms with Gasteiger partial charge in [0.1, 0.15) is 35.9 Å². The molecule has 232 valence electrons. The van der Waals surface area contributed by atoms with Crippen molar-refractivity contribution in [2.45, 2.75) is 57.1 Å². The van der Waals surface area contributed by atoms with Crippen molar-refractivity contribution in [3.63, 3.8) is 0 Å². The second-order valence-electron chi connectivity index (χ2n) is 10.6. The van der Waals surface area contributed by atoms with Gasteiger partial charge in [0.15, 0.2) is 6.29 Å². The van der Waals surface area contributed by atoms with E-state index in [0.29, 0.717) is 19.8 Å². The molecule has 4 aromatic rings. The topological polar surface area (TPSA) is 84.8 Å². The third-order valence-corrected chi connectivity index (χ3v) is 7.49. The molecule has 0 radical (unpaired) electrons. The van der Waals surface area contributed by atoms with Gasteiger partial charge >= 0.3 is 0 Å². The fourth-order valence-corrected chi connectivity index (χ4v) is 5.06. The summed E-state index contributed by atoms with van der Waals surface area (Å²) in [6.45, 7) is 1.41. The average molecular weight is 601 g/mol. The van der Waals surface area contributed by atoms with Crippen LogP contribution in [-0.4, -0.2) is 56.6 Å². The highest BCUT2D eigenvalue weighted by Gasteiger charge is 2.48. The Morgan fingerprint density at radius 3 is 1.45 bits per heavy atom. The number of aliphatic hydroxyl groups is 1. The van der Waals surface area contributed by atoms with Crippen LogP contribution in [0.4, 0.5) is 0 Å². The Labute approximate surface area is 259 Å². The van der Waals surface area contributed by atoms with Gasteiger partial charge in [-0.3, -0.25) is 0 Å². The molecule has 0 aliphatic carbocycles. The standard InChI is InChI=1S/C36H40O8/c1-38-30-17-13-28(14-18-30)21-40-25-32-33(41-24-29-15-19-31(39-2)20-16-29)34(42-22-26-9-5-3-6-10-26)35(36(37)44-32)43-23-27-11-7-4-8-12-27/h3-20,32-37H,21-25H2,1-2H3/t32-,33-,34+,35-,36+/m1/s1. The minimum absolute atomic E-state index is 0.174. The third-order valence-electron chi connectivity index (χ3n) is 7.49. The van der Waals surface area contributed by atoms with Gasteiger partial charge in [0.2, 0.25) is 0 Å². The van der Waals surface area contributed by atoms with Crippen molar-refractivity contribution in [1.82, 2.24) is 0 Å². The number of hydrogen-bond acceptors (Lipinski definition) is 8. The van der Waals surface area contributed by atoms with Crippen molar-refractivity contribution in [3.05, 3.63) is 131 Å². The molecule has 0 amide bonds. The first-order chi connectivity index (χ1) is 21.6. The van der Waals surface area contributed by atoms with Gasteiger partial charge in [0, 0.05) is 0 Å². The second kappa shape index (κ2) is 16.4. The lowest BCUT2D eigenvalue weighted by Crippen LogP contribution is -2.61. The predicted octanol–water partition coefficient (Wildman–Crippen LogP) is 5.69. The van der Waals surface area contributed by atoms with Gasteiger partial charge in [-0.15, -0.1) is 0 Å². The van der Waals surface area contributed by atoms with Crippen molar-refractivity contribution in [2.75, 3.05) is 20.8 Å². The zero-order valence-electron chi connectivity index (χ0n) is 25.1. The lowest BCUT2D eigenvalue weighted by molar-refractivity contribution is -0.317. The molecule has 8 heteroatoms. The molecule has 0 saturated carbocycles. The average Bonchev–Trinajstić information content (AvgIpc) is 3.08. The highest BCUT2D eigenvalue weighted by molar-refractivity contribution is 5.27. The Balaban J connectivity index is 1.35. The minimum atomic E-state index is -1.25. The van der Waals surface area contributed by atoms with Gasteiger partial charge in [0.05, 0.1) is 47.3 Å². The molecule has 1 N–H and O–H groups in total. The SMILES string of the molecule is COc1ccc(COC[C@H]2O[C@H](O)[C@H](OCc3ccccc3)[C@@H](OCc3ccccc3)[C@@H]2OCc2ccc(OC)cc2)cc1. The second-order valence-corrected chi connectivity index (χ2v) is 10.6. The van der Waals surface area contributed by atoms with Gasteiger partial charge in [-0.25, -0.2) is 0 Å². The molecule has 1 saturated heterocycles. The summed E-state index contributed by atoms with van der Waals surface area (Å²) in [6.07, 6.45) is -3.96. The molecule has 1 aliphatic heterocycles. The van der Waals surface area contributed by atoms with Crippen LogP contribution < -0.4 is 9.47 Å². The predicted molar refractivity (Wildman–Crippen MR) is 165 cm³/mol. The van der Waals surface area contributed by atoms with Crippen molar-refractivity contribution in [1.29, 1.82) is 0 Å². The number of ether oxygens (including phenoxy) is 7. The Morgan fingerprint density at radius 2 is 0.955 bits per heavy atom. The minimum Gasteiger partial charge on any atom is -0.497 e. The summed E-state index contributed by atoms with van der Waals surface area (Å²) in [5.74, 6) is 1.54. The number of methoxy groups -OCH3 is 2. The number of rotatable bonds is 15. The Kier molecular flexibility index (Phi) is 11.8. The highest BCUT2D eigenvalue weighted by atomic mass is 16.7. The summed E-state index contributed by atoms with van der Waals surface area (Å²) < 4.78 is 42.2. The zero-order chi connectivity index (χ0) is 30.6. The zero-order valence-corrected chi connectivity index (χ0v) is 25.1. The van der Waals surface area contributed by atoms with Crippen molar-refractivity contribution in [2.24, 2.45) is 0 Å². The molecular weight excluding hydrogens is 560 g/mol. The van der Waals surface area contributed by atoms with Gasteiger partial charge < -0.3 is 38.3 Å². The first-order valence-corrected chi connectivity index (χ1v) is 14.7. The lowest BCUT2D eigenvalue weighted by atomic mass is 9.98. The maximum Gasteiger partial charge on any atom is 0.184 e. The molecule has 5 atom stereocenters. The van der Waals surface area contributed by atoms with E-state index in [9.17, 15) is 5.11 Å². The number of aliphatic hydroxyl groups excluding tert-OH is 1. The molecule has 44 heavy (non-hydrogen) atoms. The summed E-state index contributed by atoms with van der Waals surface area (Å²) in [5.41, 5.74) is 3.91. The van der Waals surface area contributed by atoms with Crippen LogP contribution >= 0.6 is 0 Å². The van der Waals surface area contributed by atoms with Crippen LogP contribution in [0.5, 0.6) is 11.5 Å². The van der Waals surface area contributed by atoms with Crippen molar-refractivity contribution >= 4 is 0 Å². The summed E-state index contributed by atoms with van der Waals surface area (Å²) >= 11 is 0. The molecule has 5 rings (SSSR count). The van der Waals surface area contributed by atoms with Gasteiger partial charge in [-0.05, 0) is 46.5 Å². The van der Waals surface area contributed by atoms with E-state index in [1.165, 1.54) is 0 Å². The fraction of sp³-hybridized carbons (Fsp3) is 0.333. The maximum absolute atomic E-state index is 11.3. The van der Waals surface area contributed by atoms with Crippen LogP contribution in [-0.2, 0) is 50.1 Å². The quantitative estimate of drug-likeness (QED) is 0.186. The van der Waals surface area contributed by atoms with Crippen molar-refractivity contribution < 1.29 is 38.3 Å². The van der Waals surface area contributed by atoms with Crippen LogP contribution in [0.1, 0.15) is 22.3 Å². The van der Waals surface area contributed by atoms with E-state index in [1.54, 1.807) is 14.2 Å². The van der Waals surface area contributed by atoms with Crippen LogP contribution in [0.2, 0.25) is 0 Å². The van der Waals surface area contributed by atoms with Crippen LogP contribution in [0.25, 0.3) is 0 Å². The van der Waals surface area contributed by atoms with Crippen LogP contribution in [0.3, 0.4) is 0 Å². The normalized spacial score (nSPS) is 21.6. The molecule has 0 spiro atoms. The molecule has 1 aliphatic rings. The van der Waals surface area contributed by atoms with Crippen LogP contribution in [0.15, 0.2) is 109 Å². The molecular formula is C36H40O8. The summed E-state index contributed by atoms with van der Waals surface area (Å²) in [6, 6.07) is 35.1. The first kappa shape index (κ1) is 31.7. The summed E-state index contributed by atoms with van der Waals surface area (Å²) in [5, 5.41) is 11.3. The summed E-state index contributed by atoms with van der Waals surface area (Å²) in [7, 11) is 3.27. The fourth-order valence-electron chi connectivity index (χ4n) is 5.06. The van der Waals surface area contributed by atoms with Gasteiger partial charge in [-0.2, -0.15) is 0 Å². The van der Waals surface area contributed by atoms with E-state index >= 15 is 0 Å². The molecule has 4 aromatic carbocycles. The van der Waals surface area contributed by atoms with E-state index in [4.69, 9.17) is 33.2 Å². The monoisotopic (exact) mass is 600 g/mol. The molecule has 8 nitrogen and oxygen atoms in total. The number of hydrogen-bond donors (Lipinski definition) is 1. The largest absolute Gasteiger partial charge is 0.497 e. The summed E-state index contributed by atoms with van der Waals surface area (Å²) in [4.78, 5) is 0. The lowest BCUT2D eigenvalue weighted by Gasteiger charge is -2.44. The Morgan fingerprint density at radius 1 is 0.523 bits per heavy atom. The molecule has 0 aromatic heterocycles. The third kappa shape index (κ3) is 8.89. The molecule has 1 fully saturated rings. The van der Waals surface area contributed by atoms with Gasteiger partial charge in [0.25, 0.3) is 0 Å². The Bertz CT molecular complexity index is 1370. The first-order valence-electron chi connectivity index (χ1n) is 14.7. The van der Waals surface area contributed by atoms with E-state index in [0.717, 1.165) is 33.8 Å². The smallest absolute Gasteiger partial charge is 0.184 e. The maximum atomic E-state index is 11.3. The number of benzene rings is 4. The van der Waals surface area contributed by atoms with E-state index < -0.39 is 30.7 Å². The van der Waals surface area contributed by atoms with E-state index in [2.05, 4.69) is 0 Å². The Hall–Kier alpha value is -3.76. The van der Waals surface area contributed by atoms with E-state index in [-0.39, 0.29) is 13.2 Å².